The van der Waals surface area contributed by atoms with Crippen LogP contribution in [-0.4, -0.2) is 50.6 Å². The maximum atomic E-state index is 13.9. The molecule has 12 heteroatoms. The first-order chi connectivity index (χ1) is 20.2. The molecule has 0 unspecified atom stereocenters. The van der Waals surface area contributed by atoms with Crippen LogP contribution in [0, 0.1) is 0 Å². The van der Waals surface area contributed by atoms with E-state index in [4.69, 9.17) is 22.3 Å². The predicted octanol–water partition coefficient (Wildman–Crippen LogP) is 5.87. The number of halogens is 4. The third-order valence-corrected chi connectivity index (χ3v) is 7.55. The first-order valence-electron chi connectivity index (χ1n) is 13.3. The van der Waals surface area contributed by atoms with Gasteiger partial charge in [0, 0.05) is 64.5 Å². The largest absolute Gasteiger partial charge is 0.418 e. The van der Waals surface area contributed by atoms with Crippen LogP contribution in [0.25, 0.3) is 11.3 Å². The number of piperidine rings is 1. The molecule has 214 valence electrons. The molecule has 3 N–H and O–H groups in total. The number of fused-ring (bicyclic) bond motifs is 3. The second-order valence-electron chi connectivity index (χ2n) is 10.2. The summed E-state index contributed by atoms with van der Waals surface area (Å²) in [5.74, 6) is 0.235. The maximum absolute atomic E-state index is 13.9. The Bertz CT molecular complexity index is 1680. The molecule has 6 rings (SSSR count). The number of nitrogens with zero attached hydrogens (tertiary/aromatic N) is 5. The topological polar surface area (TPSA) is 109 Å². The maximum Gasteiger partial charge on any atom is 0.418 e. The molecule has 0 saturated carbocycles. The summed E-state index contributed by atoms with van der Waals surface area (Å²) in [7, 11) is 0. The molecule has 0 atom stereocenters. The van der Waals surface area contributed by atoms with E-state index in [0.29, 0.717) is 51.7 Å². The summed E-state index contributed by atoms with van der Waals surface area (Å²) in [6, 6.07) is 14.3. The summed E-state index contributed by atoms with van der Waals surface area (Å²) in [5.41, 5.74) is 8.17. The molecule has 0 bridgehead atoms. The Labute approximate surface area is 244 Å². The number of hydrogen-bond donors (Lipinski definition) is 2. The lowest BCUT2D eigenvalue weighted by atomic mass is 9.95. The fourth-order valence-corrected chi connectivity index (χ4v) is 5.29. The average molecular weight is 592 g/mol. The molecule has 1 fully saturated rings. The van der Waals surface area contributed by atoms with Gasteiger partial charge in [0.1, 0.15) is 5.69 Å². The number of aromatic nitrogens is 3. The van der Waals surface area contributed by atoms with Gasteiger partial charge in [-0.25, -0.2) is 9.97 Å². The van der Waals surface area contributed by atoms with Gasteiger partial charge < -0.3 is 16.0 Å². The molecule has 1 amide bonds. The summed E-state index contributed by atoms with van der Waals surface area (Å²) in [5, 5.41) is 3.49. The number of aliphatic imine (C=N–C) groups is 1. The number of rotatable bonds is 4. The lowest BCUT2D eigenvalue weighted by Crippen LogP contribution is -2.42. The fourth-order valence-electron chi connectivity index (χ4n) is 5.12. The number of nitrogens with one attached hydrogen (secondary N) is 1. The zero-order valence-electron chi connectivity index (χ0n) is 22.2. The third-order valence-electron chi connectivity index (χ3n) is 7.32. The minimum absolute atomic E-state index is 0.0395. The molecule has 0 radical (unpaired) electrons. The quantitative estimate of drug-likeness (QED) is 0.307. The molecular formula is C30H25ClF3N7O. The molecule has 1 saturated heterocycles. The molecule has 2 aliphatic heterocycles. The fraction of sp³-hybridized carbons (Fsp3) is 0.233. The number of hydrogen-bond acceptors (Lipinski definition) is 7. The second kappa shape index (κ2) is 11.1. The lowest BCUT2D eigenvalue weighted by molar-refractivity contribution is -0.137. The minimum Gasteiger partial charge on any atom is -0.339 e. The van der Waals surface area contributed by atoms with Gasteiger partial charge in [0.05, 0.1) is 23.5 Å². The number of carbonyl (C=O) groups is 1. The van der Waals surface area contributed by atoms with Gasteiger partial charge in [-0.1, -0.05) is 17.7 Å². The van der Waals surface area contributed by atoms with Crippen molar-refractivity contribution in [3.05, 3.63) is 100.0 Å². The first kappa shape index (κ1) is 27.8. The molecule has 0 spiro atoms. The van der Waals surface area contributed by atoms with E-state index in [1.807, 2.05) is 4.90 Å². The smallest absolute Gasteiger partial charge is 0.339 e. The Morgan fingerprint density at radius 2 is 1.76 bits per heavy atom. The van der Waals surface area contributed by atoms with Crippen molar-refractivity contribution in [2.24, 2.45) is 10.7 Å². The van der Waals surface area contributed by atoms with Crippen LogP contribution in [0.4, 0.5) is 24.8 Å². The van der Waals surface area contributed by atoms with Crippen molar-refractivity contribution < 1.29 is 18.0 Å². The van der Waals surface area contributed by atoms with Crippen molar-refractivity contribution >= 4 is 34.9 Å². The number of carbonyl (C=O) groups excluding carboxylic acids is 1. The lowest BCUT2D eigenvalue weighted by Gasteiger charge is -2.30. The standard InChI is InChI=1S/C30H25ClF3N7O/c31-19-5-8-22-23(14-19)26(27-24(30(32,33)34)2-1-11-36-27)37-15-18-16-38-29(40-25(18)22)39-21-6-3-17(4-7-21)28(42)41-12-9-20(35)10-13-41/h1-8,11,14,16,20H,9-10,12-13,15,35H2,(H,38,39,40). The summed E-state index contributed by atoms with van der Waals surface area (Å²) in [4.78, 5) is 32.4. The molecule has 42 heavy (non-hydrogen) atoms. The Hall–Kier alpha value is -4.35. The van der Waals surface area contributed by atoms with Crippen molar-refractivity contribution in [2.75, 3.05) is 18.4 Å². The van der Waals surface area contributed by atoms with Crippen molar-refractivity contribution in [1.29, 1.82) is 0 Å². The Kier molecular flexibility index (Phi) is 7.38. The van der Waals surface area contributed by atoms with Crippen molar-refractivity contribution in [3.63, 3.8) is 0 Å². The van der Waals surface area contributed by atoms with Crippen LogP contribution < -0.4 is 11.1 Å². The normalized spacial score (nSPS) is 15.4. The van der Waals surface area contributed by atoms with E-state index in [2.05, 4.69) is 20.3 Å². The molecule has 2 aliphatic rings. The third kappa shape index (κ3) is 5.57. The molecule has 2 aromatic heterocycles. The molecule has 4 heterocycles. The van der Waals surface area contributed by atoms with Crippen LogP contribution in [0.1, 0.15) is 45.6 Å². The highest BCUT2D eigenvalue weighted by Gasteiger charge is 2.36. The van der Waals surface area contributed by atoms with Crippen LogP contribution >= 0.6 is 11.6 Å². The Balaban J connectivity index is 1.30. The minimum atomic E-state index is -4.62. The second-order valence-corrected chi connectivity index (χ2v) is 10.6. The van der Waals surface area contributed by atoms with E-state index in [0.717, 1.165) is 18.9 Å². The highest BCUT2D eigenvalue weighted by atomic mass is 35.5. The zero-order chi connectivity index (χ0) is 29.4. The van der Waals surface area contributed by atoms with Gasteiger partial charge in [0.15, 0.2) is 0 Å². The van der Waals surface area contributed by atoms with Crippen molar-refractivity contribution in [1.82, 2.24) is 19.9 Å². The van der Waals surface area contributed by atoms with Gasteiger partial charge in [0.25, 0.3) is 5.91 Å². The number of likely N-dealkylation sites (tertiary alicyclic amines) is 1. The number of benzene rings is 2. The number of alkyl halides is 3. The molecule has 8 nitrogen and oxygen atoms in total. The van der Waals surface area contributed by atoms with E-state index in [1.165, 1.54) is 12.3 Å². The summed E-state index contributed by atoms with van der Waals surface area (Å²) >= 11 is 6.29. The van der Waals surface area contributed by atoms with Gasteiger partial charge in [-0.15, -0.1) is 0 Å². The van der Waals surface area contributed by atoms with E-state index < -0.39 is 11.7 Å². The Morgan fingerprint density at radius 1 is 1.00 bits per heavy atom. The first-order valence-corrected chi connectivity index (χ1v) is 13.7. The SMILES string of the molecule is NC1CCN(C(=O)c2ccc(Nc3ncc4c(n3)-c3ccc(Cl)cc3C(c3ncccc3C(F)(F)F)=NC4)cc2)CC1. The monoisotopic (exact) mass is 591 g/mol. The van der Waals surface area contributed by atoms with Gasteiger partial charge in [-0.05, 0) is 61.4 Å². The van der Waals surface area contributed by atoms with Gasteiger partial charge >= 0.3 is 6.18 Å². The molecule has 0 aliphatic carbocycles. The van der Waals surface area contributed by atoms with Gasteiger partial charge in [-0.3, -0.25) is 14.8 Å². The van der Waals surface area contributed by atoms with Crippen molar-refractivity contribution in [3.8, 4) is 11.3 Å². The van der Waals surface area contributed by atoms with Crippen molar-refractivity contribution in [2.45, 2.75) is 31.6 Å². The van der Waals surface area contributed by atoms with E-state index in [1.54, 1.807) is 48.7 Å². The molecule has 2 aromatic carbocycles. The molecular weight excluding hydrogens is 567 g/mol. The van der Waals surface area contributed by atoms with Crippen LogP contribution in [0.5, 0.6) is 0 Å². The number of amides is 1. The van der Waals surface area contributed by atoms with E-state index in [9.17, 15) is 18.0 Å². The van der Waals surface area contributed by atoms with Crippen LogP contribution in [0.15, 0.2) is 72.0 Å². The number of nitrogens with two attached hydrogens (primary N) is 1. The van der Waals surface area contributed by atoms with Gasteiger partial charge in [-0.2, -0.15) is 13.2 Å². The Morgan fingerprint density at radius 3 is 2.50 bits per heavy atom. The number of anilines is 2. The van der Waals surface area contributed by atoms with Crippen LogP contribution in [0.3, 0.4) is 0 Å². The summed E-state index contributed by atoms with van der Waals surface area (Å²) in [6.45, 7) is 1.32. The van der Waals surface area contributed by atoms with E-state index >= 15 is 0 Å². The average Bonchev–Trinajstić information content (AvgIpc) is 3.13. The number of pyridine rings is 1. The van der Waals surface area contributed by atoms with Gasteiger partial charge in [0.2, 0.25) is 5.95 Å². The van der Waals surface area contributed by atoms with Crippen LogP contribution in [0.2, 0.25) is 5.02 Å². The highest BCUT2D eigenvalue weighted by Crippen LogP contribution is 2.37. The highest BCUT2D eigenvalue weighted by molar-refractivity contribution is 6.31. The zero-order valence-corrected chi connectivity index (χ0v) is 23.0. The predicted molar refractivity (Wildman–Crippen MR) is 154 cm³/mol. The summed E-state index contributed by atoms with van der Waals surface area (Å²) < 4.78 is 41.7. The molecule has 4 aromatic rings. The van der Waals surface area contributed by atoms with Crippen LogP contribution in [-0.2, 0) is 12.7 Å². The van der Waals surface area contributed by atoms with E-state index in [-0.39, 0.29) is 35.8 Å². The summed E-state index contributed by atoms with van der Waals surface area (Å²) in [6.07, 6.45) is -0.152.